The zero-order chi connectivity index (χ0) is 19.2. The molecule has 0 aliphatic carbocycles. The van der Waals surface area contributed by atoms with Crippen molar-refractivity contribution in [2.75, 3.05) is 13.7 Å². The minimum Gasteiger partial charge on any atom is -0.496 e. The third-order valence-corrected chi connectivity index (χ3v) is 4.24. The number of fused-ring (bicyclic) bond motifs is 1. The summed E-state index contributed by atoms with van der Waals surface area (Å²) in [6.07, 6.45) is 3.22. The molecule has 3 rings (SSSR count). The van der Waals surface area contributed by atoms with Crippen molar-refractivity contribution in [3.8, 4) is 5.75 Å². The minimum atomic E-state index is -0.205. The van der Waals surface area contributed by atoms with Crippen LogP contribution in [0.25, 0.3) is 17.0 Å². The maximum absolute atomic E-state index is 12.6. The van der Waals surface area contributed by atoms with Gasteiger partial charge in [0.1, 0.15) is 11.6 Å². The maximum atomic E-state index is 12.6. The molecule has 0 aliphatic rings. The molecular weight excluding hydrogens is 342 g/mol. The van der Waals surface area contributed by atoms with E-state index in [1.54, 1.807) is 36.3 Å². The van der Waals surface area contributed by atoms with Gasteiger partial charge in [-0.1, -0.05) is 30.3 Å². The fraction of sp³-hybridized carbons (Fsp3) is 0.190. The molecule has 0 fully saturated rings. The van der Waals surface area contributed by atoms with E-state index in [-0.39, 0.29) is 18.0 Å². The molecule has 0 aliphatic heterocycles. The Bertz CT molecular complexity index is 1040. The monoisotopic (exact) mass is 363 g/mol. The van der Waals surface area contributed by atoms with E-state index in [0.29, 0.717) is 29.0 Å². The van der Waals surface area contributed by atoms with E-state index >= 15 is 0 Å². The van der Waals surface area contributed by atoms with Crippen LogP contribution < -0.4 is 10.3 Å². The number of hydrogen-bond acceptors (Lipinski definition) is 4. The SMILES string of the molecule is CCN(Cc1nc2ccccc2c(=O)[nH]1)C(=O)/C=C/c1ccccc1OC. The van der Waals surface area contributed by atoms with Gasteiger partial charge in [0.05, 0.1) is 24.6 Å². The second-order valence-electron chi connectivity index (χ2n) is 5.96. The zero-order valence-corrected chi connectivity index (χ0v) is 15.3. The predicted molar refractivity (Wildman–Crippen MR) is 105 cm³/mol. The van der Waals surface area contributed by atoms with E-state index in [0.717, 1.165) is 5.56 Å². The van der Waals surface area contributed by atoms with Gasteiger partial charge in [-0.15, -0.1) is 0 Å². The molecule has 27 heavy (non-hydrogen) atoms. The Morgan fingerprint density at radius 1 is 1.19 bits per heavy atom. The molecule has 6 nitrogen and oxygen atoms in total. The number of nitrogens with one attached hydrogen (secondary N) is 1. The molecule has 3 aromatic rings. The average molecular weight is 363 g/mol. The second kappa shape index (κ2) is 8.31. The lowest BCUT2D eigenvalue weighted by Gasteiger charge is -2.18. The molecule has 0 atom stereocenters. The number of likely N-dealkylation sites (N-methyl/N-ethyl adjacent to an activating group) is 1. The van der Waals surface area contributed by atoms with Crippen molar-refractivity contribution in [2.24, 2.45) is 0 Å². The topological polar surface area (TPSA) is 75.3 Å². The van der Waals surface area contributed by atoms with Crippen LogP contribution in [0.5, 0.6) is 5.75 Å². The predicted octanol–water partition coefficient (Wildman–Crippen LogP) is 2.99. The molecule has 1 N–H and O–H groups in total. The quantitative estimate of drug-likeness (QED) is 0.683. The summed E-state index contributed by atoms with van der Waals surface area (Å²) >= 11 is 0. The van der Waals surface area contributed by atoms with Crippen molar-refractivity contribution in [1.82, 2.24) is 14.9 Å². The molecule has 1 aromatic heterocycles. The molecule has 0 radical (unpaired) electrons. The first-order chi connectivity index (χ1) is 13.1. The molecule has 0 unspecified atom stereocenters. The number of amides is 1. The third-order valence-electron chi connectivity index (χ3n) is 4.24. The number of aromatic nitrogens is 2. The third kappa shape index (κ3) is 4.23. The van der Waals surface area contributed by atoms with E-state index in [2.05, 4.69) is 9.97 Å². The molecule has 1 amide bonds. The van der Waals surface area contributed by atoms with Crippen molar-refractivity contribution in [3.05, 3.63) is 76.3 Å². The van der Waals surface area contributed by atoms with E-state index in [1.807, 2.05) is 37.3 Å². The molecule has 1 heterocycles. The van der Waals surface area contributed by atoms with Crippen molar-refractivity contribution in [2.45, 2.75) is 13.5 Å². The molecule has 138 valence electrons. The Morgan fingerprint density at radius 2 is 1.93 bits per heavy atom. The van der Waals surface area contributed by atoms with E-state index in [1.165, 1.54) is 6.08 Å². The lowest BCUT2D eigenvalue weighted by molar-refractivity contribution is -0.126. The lowest BCUT2D eigenvalue weighted by atomic mass is 10.2. The number of aromatic amines is 1. The van der Waals surface area contributed by atoms with Crippen molar-refractivity contribution in [1.29, 1.82) is 0 Å². The lowest BCUT2D eigenvalue weighted by Crippen LogP contribution is -2.30. The number of hydrogen-bond donors (Lipinski definition) is 1. The number of rotatable bonds is 6. The normalized spacial score (nSPS) is 11.0. The molecule has 0 bridgehead atoms. The summed E-state index contributed by atoms with van der Waals surface area (Å²) in [5.74, 6) is 0.990. The van der Waals surface area contributed by atoms with Gasteiger partial charge >= 0.3 is 0 Å². The van der Waals surface area contributed by atoms with Gasteiger partial charge < -0.3 is 14.6 Å². The summed E-state index contributed by atoms with van der Waals surface area (Å²) in [5.41, 5.74) is 1.23. The van der Waals surface area contributed by atoms with Crippen LogP contribution in [0.4, 0.5) is 0 Å². The molecule has 0 saturated carbocycles. The van der Waals surface area contributed by atoms with Gasteiger partial charge in [0.25, 0.3) is 5.56 Å². The largest absolute Gasteiger partial charge is 0.496 e. The highest BCUT2D eigenvalue weighted by Crippen LogP contribution is 2.18. The first kappa shape index (κ1) is 18.4. The number of H-pyrrole nitrogens is 1. The van der Waals surface area contributed by atoms with Crippen molar-refractivity contribution >= 4 is 22.9 Å². The van der Waals surface area contributed by atoms with Gasteiger partial charge in [-0.2, -0.15) is 0 Å². The number of ether oxygens (including phenoxy) is 1. The summed E-state index contributed by atoms with van der Waals surface area (Å²) in [6, 6.07) is 14.6. The number of methoxy groups -OCH3 is 1. The number of para-hydroxylation sites is 2. The van der Waals surface area contributed by atoms with Gasteiger partial charge in [-0.25, -0.2) is 4.98 Å². The zero-order valence-electron chi connectivity index (χ0n) is 15.3. The fourth-order valence-corrected chi connectivity index (χ4v) is 2.81. The number of carbonyl (C=O) groups is 1. The van der Waals surface area contributed by atoms with Crippen molar-refractivity contribution in [3.63, 3.8) is 0 Å². The van der Waals surface area contributed by atoms with E-state index in [9.17, 15) is 9.59 Å². The highest BCUT2D eigenvalue weighted by atomic mass is 16.5. The van der Waals surface area contributed by atoms with Crippen LogP contribution in [0, 0.1) is 0 Å². The summed E-state index contributed by atoms with van der Waals surface area (Å²) < 4.78 is 5.29. The first-order valence-electron chi connectivity index (χ1n) is 8.70. The molecule has 2 aromatic carbocycles. The van der Waals surface area contributed by atoms with Crippen LogP contribution >= 0.6 is 0 Å². The minimum absolute atomic E-state index is 0.167. The Kier molecular flexibility index (Phi) is 5.66. The van der Waals surface area contributed by atoms with Crippen LogP contribution in [0.2, 0.25) is 0 Å². The van der Waals surface area contributed by atoms with Crippen LogP contribution in [0.3, 0.4) is 0 Å². The van der Waals surface area contributed by atoms with Gasteiger partial charge in [0.2, 0.25) is 5.91 Å². The van der Waals surface area contributed by atoms with E-state index in [4.69, 9.17) is 4.74 Å². The average Bonchev–Trinajstić information content (AvgIpc) is 2.70. The standard InChI is InChI=1S/C21H21N3O3/c1-3-24(20(25)13-12-15-8-4-7-11-18(15)27-2)14-19-22-17-10-6-5-9-16(17)21(26)23-19/h4-13H,3,14H2,1-2H3,(H,22,23,26)/b13-12+. The maximum Gasteiger partial charge on any atom is 0.258 e. The highest BCUT2D eigenvalue weighted by Gasteiger charge is 2.12. The Balaban J connectivity index is 1.80. The number of benzene rings is 2. The van der Waals surface area contributed by atoms with Crippen LogP contribution in [-0.2, 0) is 11.3 Å². The first-order valence-corrected chi connectivity index (χ1v) is 8.70. The Morgan fingerprint density at radius 3 is 2.70 bits per heavy atom. The van der Waals surface area contributed by atoms with Gasteiger partial charge in [0, 0.05) is 18.2 Å². The highest BCUT2D eigenvalue weighted by molar-refractivity contribution is 5.92. The Hall–Kier alpha value is -3.41. The van der Waals surface area contributed by atoms with Gasteiger partial charge in [-0.3, -0.25) is 9.59 Å². The summed E-state index contributed by atoms with van der Waals surface area (Å²) in [5, 5.41) is 0.534. The molecule has 6 heteroatoms. The second-order valence-corrected chi connectivity index (χ2v) is 5.96. The Labute approximate surface area is 157 Å². The van der Waals surface area contributed by atoms with Gasteiger partial charge in [0.15, 0.2) is 0 Å². The smallest absolute Gasteiger partial charge is 0.258 e. The molecular formula is C21H21N3O3. The van der Waals surface area contributed by atoms with E-state index < -0.39 is 0 Å². The molecule has 0 saturated heterocycles. The number of nitrogens with zero attached hydrogens (tertiary/aromatic N) is 2. The number of carbonyl (C=O) groups excluding carboxylic acids is 1. The summed E-state index contributed by atoms with van der Waals surface area (Å²) in [4.78, 5) is 33.6. The van der Waals surface area contributed by atoms with Gasteiger partial charge in [-0.05, 0) is 31.2 Å². The fourth-order valence-electron chi connectivity index (χ4n) is 2.81. The summed E-state index contributed by atoms with van der Waals surface area (Å²) in [6.45, 7) is 2.60. The van der Waals surface area contributed by atoms with Crippen molar-refractivity contribution < 1.29 is 9.53 Å². The molecule has 0 spiro atoms. The van der Waals surface area contributed by atoms with Crippen LogP contribution in [0.15, 0.2) is 59.4 Å². The summed E-state index contributed by atoms with van der Waals surface area (Å²) in [7, 11) is 1.59. The van der Waals surface area contributed by atoms with Crippen LogP contribution in [0.1, 0.15) is 18.3 Å². The van der Waals surface area contributed by atoms with Crippen LogP contribution in [-0.4, -0.2) is 34.4 Å².